The fourth-order valence-corrected chi connectivity index (χ4v) is 2.59. The lowest BCUT2D eigenvalue weighted by Gasteiger charge is -2.12. The second kappa shape index (κ2) is 7.41. The maximum atomic E-state index is 12.6. The Bertz CT molecular complexity index is 860. The highest BCUT2D eigenvalue weighted by Crippen LogP contribution is 2.24. The maximum absolute atomic E-state index is 12.6. The van der Waals surface area contributed by atoms with Crippen molar-refractivity contribution in [1.82, 2.24) is 4.57 Å². The number of esters is 1. The van der Waals surface area contributed by atoms with Gasteiger partial charge in [0.15, 0.2) is 6.61 Å². The van der Waals surface area contributed by atoms with Gasteiger partial charge >= 0.3 is 12.1 Å². The van der Waals surface area contributed by atoms with E-state index in [2.05, 4.69) is 0 Å². The number of carbonyl (C=O) groups is 2. The van der Waals surface area contributed by atoms with Crippen LogP contribution in [0.1, 0.15) is 32.1 Å². The number of Topliss-reactive ketones (excluding diaryl/α,β-unsaturated/α-hetero) is 1. The molecule has 26 heavy (non-hydrogen) atoms. The number of carbonyl (C=O) groups excluding carboxylic acids is 2. The van der Waals surface area contributed by atoms with Gasteiger partial charge in [0.05, 0.1) is 16.3 Å². The number of hydrogen-bond acceptors (Lipinski definition) is 4. The summed E-state index contributed by atoms with van der Waals surface area (Å²) in [6, 6.07) is 5.46. The molecule has 0 atom stereocenters. The molecule has 2 rings (SSSR count). The fraction of sp³-hybridized carbons (Fsp3) is 0.294. The first-order valence-corrected chi connectivity index (χ1v) is 7.86. The molecule has 0 bridgehead atoms. The number of alkyl halides is 3. The standard InChI is InChI=1S/C17H16ClF3N2O3/c1-9-5-12(10(2)23(9)8-17(19,20)21)15(24)7-26-16(25)11-3-4-13(18)14(22)6-11/h3-6H,7-8,22H2,1-2H3. The second-order valence-corrected chi connectivity index (χ2v) is 6.13. The number of ether oxygens (including phenoxy) is 1. The number of benzene rings is 1. The summed E-state index contributed by atoms with van der Waals surface area (Å²) in [4.78, 5) is 24.2. The first-order chi connectivity index (χ1) is 12.0. The Hall–Kier alpha value is -2.48. The van der Waals surface area contributed by atoms with Crippen molar-refractivity contribution in [2.24, 2.45) is 0 Å². The summed E-state index contributed by atoms with van der Waals surface area (Å²) in [6.45, 7) is 1.09. The molecule has 0 aliphatic heterocycles. The number of aromatic nitrogens is 1. The van der Waals surface area contributed by atoms with E-state index in [9.17, 15) is 22.8 Å². The zero-order chi connectivity index (χ0) is 19.6. The molecular formula is C17H16ClF3N2O3. The molecule has 0 aliphatic carbocycles. The second-order valence-electron chi connectivity index (χ2n) is 5.72. The van der Waals surface area contributed by atoms with E-state index >= 15 is 0 Å². The van der Waals surface area contributed by atoms with Crippen LogP contribution in [0.2, 0.25) is 5.02 Å². The molecule has 2 aromatic rings. The van der Waals surface area contributed by atoms with E-state index in [1.54, 1.807) is 0 Å². The molecule has 0 amide bonds. The normalized spacial score (nSPS) is 11.5. The van der Waals surface area contributed by atoms with Gasteiger partial charge in [-0.25, -0.2) is 4.79 Å². The number of hydrogen-bond donors (Lipinski definition) is 1. The molecule has 0 saturated carbocycles. The average Bonchev–Trinajstić information content (AvgIpc) is 2.81. The van der Waals surface area contributed by atoms with Crippen LogP contribution in [0.15, 0.2) is 24.3 Å². The lowest BCUT2D eigenvalue weighted by atomic mass is 10.1. The molecule has 0 unspecified atom stereocenters. The zero-order valence-corrected chi connectivity index (χ0v) is 14.7. The predicted molar refractivity (Wildman–Crippen MR) is 90.4 cm³/mol. The van der Waals surface area contributed by atoms with Crippen LogP contribution in [0, 0.1) is 13.8 Å². The molecule has 0 spiro atoms. The number of halogens is 4. The predicted octanol–water partition coefficient (Wildman–Crippen LogP) is 3.94. The Labute approximate surface area is 152 Å². The van der Waals surface area contributed by atoms with Crippen LogP contribution in [0.3, 0.4) is 0 Å². The highest BCUT2D eigenvalue weighted by Gasteiger charge is 2.30. The van der Waals surface area contributed by atoms with Crippen molar-refractivity contribution in [1.29, 1.82) is 0 Å². The van der Waals surface area contributed by atoms with Crippen molar-refractivity contribution >= 4 is 29.0 Å². The maximum Gasteiger partial charge on any atom is 0.406 e. The van der Waals surface area contributed by atoms with Gasteiger partial charge < -0.3 is 15.0 Å². The van der Waals surface area contributed by atoms with Gasteiger partial charge in [-0.3, -0.25) is 4.79 Å². The van der Waals surface area contributed by atoms with E-state index in [4.69, 9.17) is 22.1 Å². The number of anilines is 1. The molecule has 1 aromatic carbocycles. The number of nitrogen functional groups attached to an aromatic ring is 1. The lowest BCUT2D eigenvalue weighted by molar-refractivity contribution is -0.141. The lowest BCUT2D eigenvalue weighted by Crippen LogP contribution is -2.20. The quantitative estimate of drug-likeness (QED) is 0.478. The number of rotatable bonds is 5. The molecule has 5 nitrogen and oxygen atoms in total. The monoisotopic (exact) mass is 388 g/mol. The summed E-state index contributed by atoms with van der Waals surface area (Å²) >= 11 is 5.76. The van der Waals surface area contributed by atoms with Crippen LogP contribution in [-0.4, -0.2) is 29.1 Å². The van der Waals surface area contributed by atoms with Crippen molar-refractivity contribution in [3.63, 3.8) is 0 Å². The van der Waals surface area contributed by atoms with Crippen molar-refractivity contribution in [2.45, 2.75) is 26.6 Å². The first kappa shape index (κ1) is 19.8. The molecule has 0 radical (unpaired) electrons. The van der Waals surface area contributed by atoms with Crippen LogP contribution >= 0.6 is 11.6 Å². The van der Waals surface area contributed by atoms with Gasteiger partial charge in [0, 0.05) is 17.0 Å². The van der Waals surface area contributed by atoms with E-state index in [0.29, 0.717) is 5.69 Å². The summed E-state index contributed by atoms with van der Waals surface area (Å²) in [5, 5.41) is 0.273. The third-order valence-electron chi connectivity index (χ3n) is 3.78. The third-order valence-corrected chi connectivity index (χ3v) is 4.12. The summed E-state index contributed by atoms with van der Waals surface area (Å²) in [7, 11) is 0. The van der Waals surface area contributed by atoms with Crippen molar-refractivity contribution in [3.05, 3.63) is 51.8 Å². The van der Waals surface area contributed by atoms with E-state index in [0.717, 1.165) is 4.57 Å². The largest absolute Gasteiger partial charge is 0.454 e. The van der Waals surface area contributed by atoms with Crippen LogP contribution in [-0.2, 0) is 11.3 Å². The summed E-state index contributed by atoms with van der Waals surface area (Å²) in [5.41, 5.74) is 6.42. The van der Waals surface area contributed by atoms with E-state index < -0.39 is 31.1 Å². The van der Waals surface area contributed by atoms with Crippen LogP contribution in [0.25, 0.3) is 0 Å². The minimum atomic E-state index is -4.41. The van der Waals surface area contributed by atoms with Gasteiger partial charge in [0.2, 0.25) is 5.78 Å². The Morgan fingerprint density at radius 3 is 2.46 bits per heavy atom. The fourth-order valence-electron chi connectivity index (χ4n) is 2.47. The average molecular weight is 389 g/mol. The van der Waals surface area contributed by atoms with Crippen LogP contribution in [0.5, 0.6) is 0 Å². The Balaban J connectivity index is 2.09. The Kier molecular flexibility index (Phi) is 5.65. The molecule has 9 heteroatoms. The van der Waals surface area contributed by atoms with Gasteiger partial charge in [-0.15, -0.1) is 0 Å². The van der Waals surface area contributed by atoms with Gasteiger partial charge in [-0.05, 0) is 38.1 Å². The minimum absolute atomic E-state index is 0.0789. The molecule has 0 aliphatic rings. The zero-order valence-electron chi connectivity index (χ0n) is 14.0. The molecule has 1 aromatic heterocycles. The summed E-state index contributed by atoms with van der Waals surface area (Å²) < 4.78 is 43.8. The van der Waals surface area contributed by atoms with E-state index in [1.165, 1.54) is 38.1 Å². The molecular weight excluding hydrogens is 373 g/mol. The molecule has 0 fully saturated rings. The number of nitrogens with zero attached hydrogens (tertiary/aromatic N) is 1. The number of ketones is 1. The molecule has 1 heterocycles. The van der Waals surface area contributed by atoms with Gasteiger partial charge in [0.1, 0.15) is 6.54 Å². The third kappa shape index (κ3) is 4.57. The van der Waals surface area contributed by atoms with Gasteiger partial charge in [-0.2, -0.15) is 13.2 Å². The molecule has 0 saturated heterocycles. The minimum Gasteiger partial charge on any atom is -0.454 e. The van der Waals surface area contributed by atoms with Crippen molar-refractivity contribution in [2.75, 3.05) is 12.3 Å². The smallest absolute Gasteiger partial charge is 0.406 e. The summed E-state index contributed by atoms with van der Waals surface area (Å²) in [6.07, 6.45) is -4.41. The number of aryl methyl sites for hydroxylation is 1. The highest BCUT2D eigenvalue weighted by molar-refractivity contribution is 6.33. The van der Waals surface area contributed by atoms with Crippen LogP contribution in [0.4, 0.5) is 18.9 Å². The molecule has 140 valence electrons. The van der Waals surface area contributed by atoms with Crippen molar-refractivity contribution in [3.8, 4) is 0 Å². The number of nitrogens with two attached hydrogens (primary N) is 1. The van der Waals surface area contributed by atoms with E-state index in [-0.39, 0.29) is 27.5 Å². The van der Waals surface area contributed by atoms with Gasteiger partial charge in [0.25, 0.3) is 0 Å². The SMILES string of the molecule is Cc1cc(C(=O)COC(=O)c2ccc(Cl)c(N)c2)c(C)n1CC(F)(F)F. The highest BCUT2D eigenvalue weighted by atomic mass is 35.5. The Morgan fingerprint density at radius 2 is 1.88 bits per heavy atom. The Morgan fingerprint density at radius 1 is 1.23 bits per heavy atom. The topological polar surface area (TPSA) is 74.3 Å². The van der Waals surface area contributed by atoms with Gasteiger partial charge in [-0.1, -0.05) is 11.6 Å². The first-order valence-electron chi connectivity index (χ1n) is 7.48. The van der Waals surface area contributed by atoms with Crippen LogP contribution < -0.4 is 5.73 Å². The van der Waals surface area contributed by atoms with E-state index in [1.807, 2.05) is 0 Å². The summed E-state index contributed by atoms with van der Waals surface area (Å²) in [5.74, 6) is -1.38. The van der Waals surface area contributed by atoms with Crippen molar-refractivity contribution < 1.29 is 27.5 Å². The molecule has 2 N–H and O–H groups in total.